The molecular formula is C21H25N3O2. The minimum absolute atomic E-state index is 0.114. The number of hydrogen-bond donors (Lipinski definition) is 1. The van der Waals surface area contributed by atoms with Gasteiger partial charge in [-0.05, 0) is 54.8 Å². The van der Waals surface area contributed by atoms with Gasteiger partial charge in [-0.2, -0.15) is 0 Å². The van der Waals surface area contributed by atoms with E-state index in [0.717, 1.165) is 36.3 Å². The number of amides is 2. The van der Waals surface area contributed by atoms with Gasteiger partial charge < -0.3 is 15.1 Å². The van der Waals surface area contributed by atoms with Gasteiger partial charge in [-0.1, -0.05) is 12.1 Å². The molecule has 0 atom stereocenters. The Morgan fingerprint density at radius 3 is 2.58 bits per heavy atom. The molecule has 1 saturated heterocycles. The lowest BCUT2D eigenvalue weighted by Gasteiger charge is -2.26. The van der Waals surface area contributed by atoms with Crippen molar-refractivity contribution in [2.24, 2.45) is 0 Å². The maximum atomic E-state index is 12.4. The topological polar surface area (TPSA) is 52.7 Å². The molecule has 5 nitrogen and oxygen atoms in total. The molecule has 0 spiro atoms. The van der Waals surface area contributed by atoms with Gasteiger partial charge in [0.25, 0.3) is 5.91 Å². The highest BCUT2D eigenvalue weighted by atomic mass is 16.2. The molecule has 2 amide bonds. The molecule has 2 aromatic carbocycles. The van der Waals surface area contributed by atoms with Crippen LogP contribution in [-0.4, -0.2) is 32.5 Å². The number of benzene rings is 2. The summed E-state index contributed by atoms with van der Waals surface area (Å²) in [5.41, 5.74) is 3.62. The van der Waals surface area contributed by atoms with Crippen LogP contribution >= 0.6 is 0 Å². The van der Waals surface area contributed by atoms with Crippen LogP contribution in [-0.2, 0) is 11.3 Å². The van der Waals surface area contributed by atoms with E-state index in [2.05, 4.69) is 11.4 Å². The van der Waals surface area contributed by atoms with Crippen molar-refractivity contribution >= 4 is 23.2 Å². The van der Waals surface area contributed by atoms with Crippen molar-refractivity contribution < 1.29 is 9.59 Å². The summed E-state index contributed by atoms with van der Waals surface area (Å²) in [6.45, 7) is 1.24. The van der Waals surface area contributed by atoms with Gasteiger partial charge in [0.05, 0.1) is 0 Å². The SMILES string of the molecule is CN(C)c1cccc(CNC(=O)c2ccc(N3CCCCC3=O)cc2)c1. The predicted octanol–water partition coefficient (Wildman–Crippen LogP) is 3.20. The molecule has 1 N–H and O–H groups in total. The highest BCUT2D eigenvalue weighted by Crippen LogP contribution is 2.21. The number of nitrogens with zero attached hydrogens (tertiary/aromatic N) is 2. The van der Waals surface area contributed by atoms with Gasteiger partial charge in [0.2, 0.25) is 5.91 Å². The van der Waals surface area contributed by atoms with Crippen molar-refractivity contribution in [3.63, 3.8) is 0 Å². The Balaban J connectivity index is 1.61. The van der Waals surface area contributed by atoms with Crippen molar-refractivity contribution in [1.82, 2.24) is 5.32 Å². The highest BCUT2D eigenvalue weighted by molar-refractivity contribution is 5.96. The van der Waals surface area contributed by atoms with Crippen molar-refractivity contribution in [3.05, 3.63) is 59.7 Å². The zero-order chi connectivity index (χ0) is 18.5. The van der Waals surface area contributed by atoms with E-state index in [1.165, 1.54) is 0 Å². The molecule has 5 heteroatoms. The third-order valence-corrected chi connectivity index (χ3v) is 4.64. The molecule has 0 saturated carbocycles. The Morgan fingerprint density at radius 1 is 1.12 bits per heavy atom. The number of carbonyl (C=O) groups excluding carboxylic acids is 2. The average Bonchev–Trinajstić information content (AvgIpc) is 2.67. The molecule has 0 aromatic heterocycles. The fourth-order valence-electron chi connectivity index (χ4n) is 3.10. The molecule has 136 valence electrons. The summed E-state index contributed by atoms with van der Waals surface area (Å²) in [6.07, 6.45) is 2.60. The second kappa shape index (κ2) is 8.04. The first kappa shape index (κ1) is 18.0. The number of piperidine rings is 1. The predicted molar refractivity (Wildman–Crippen MR) is 105 cm³/mol. The molecule has 1 fully saturated rings. The smallest absolute Gasteiger partial charge is 0.251 e. The van der Waals surface area contributed by atoms with Crippen LogP contribution in [0.3, 0.4) is 0 Å². The molecule has 0 unspecified atom stereocenters. The molecule has 3 rings (SSSR count). The largest absolute Gasteiger partial charge is 0.378 e. The Bertz CT molecular complexity index is 784. The van der Waals surface area contributed by atoms with Crippen LogP contribution in [0.5, 0.6) is 0 Å². The molecule has 2 aromatic rings. The summed E-state index contributed by atoms with van der Waals surface area (Å²) >= 11 is 0. The maximum Gasteiger partial charge on any atom is 0.251 e. The summed E-state index contributed by atoms with van der Waals surface area (Å²) in [7, 11) is 3.98. The summed E-state index contributed by atoms with van der Waals surface area (Å²) in [5.74, 6) is 0.0472. The van der Waals surface area contributed by atoms with Gasteiger partial charge in [-0.25, -0.2) is 0 Å². The van der Waals surface area contributed by atoms with E-state index in [1.54, 1.807) is 17.0 Å². The Labute approximate surface area is 154 Å². The lowest BCUT2D eigenvalue weighted by Crippen LogP contribution is -2.35. The summed E-state index contributed by atoms with van der Waals surface area (Å²) < 4.78 is 0. The molecule has 0 aliphatic carbocycles. The van der Waals surface area contributed by atoms with Crippen LogP contribution < -0.4 is 15.1 Å². The number of nitrogens with one attached hydrogen (secondary N) is 1. The number of carbonyl (C=O) groups is 2. The lowest BCUT2D eigenvalue weighted by molar-refractivity contribution is -0.119. The Hall–Kier alpha value is -2.82. The molecule has 0 bridgehead atoms. The van der Waals surface area contributed by atoms with Gasteiger partial charge in [0, 0.05) is 50.5 Å². The second-order valence-corrected chi connectivity index (χ2v) is 6.80. The van der Waals surface area contributed by atoms with Crippen LogP contribution in [0.15, 0.2) is 48.5 Å². The minimum atomic E-state index is -0.114. The van der Waals surface area contributed by atoms with Crippen molar-refractivity contribution in [3.8, 4) is 0 Å². The van der Waals surface area contributed by atoms with Gasteiger partial charge >= 0.3 is 0 Å². The quantitative estimate of drug-likeness (QED) is 0.900. The van der Waals surface area contributed by atoms with Crippen molar-refractivity contribution in [2.75, 3.05) is 30.4 Å². The van der Waals surface area contributed by atoms with Crippen LogP contribution in [0, 0.1) is 0 Å². The van der Waals surface area contributed by atoms with E-state index in [0.29, 0.717) is 18.5 Å². The summed E-state index contributed by atoms with van der Waals surface area (Å²) in [5, 5.41) is 2.95. The molecule has 1 aliphatic rings. The van der Waals surface area contributed by atoms with Gasteiger partial charge in [0.1, 0.15) is 0 Å². The standard InChI is InChI=1S/C21H25N3O2/c1-23(2)19-7-5-6-16(14-19)15-22-21(26)17-9-11-18(12-10-17)24-13-4-3-8-20(24)25/h5-7,9-12,14H,3-4,8,13,15H2,1-2H3,(H,22,26). The first-order valence-electron chi connectivity index (χ1n) is 8.99. The number of rotatable bonds is 5. The minimum Gasteiger partial charge on any atom is -0.378 e. The van der Waals surface area contributed by atoms with Gasteiger partial charge in [-0.15, -0.1) is 0 Å². The second-order valence-electron chi connectivity index (χ2n) is 6.80. The zero-order valence-corrected chi connectivity index (χ0v) is 15.4. The molecule has 0 radical (unpaired) electrons. The van der Waals surface area contributed by atoms with E-state index < -0.39 is 0 Å². The van der Waals surface area contributed by atoms with E-state index >= 15 is 0 Å². The fourth-order valence-corrected chi connectivity index (χ4v) is 3.10. The highest BCUT2D eigenvalue weighted by Gasteiger charge is 2.19. The van der Waals surface area contributed by atoms with Crippen LogP contribution in [0.25, 0.3) is 0 Å². The van der Waals surface area contributed by atoms with Crippen LogP contribution in [0.4, 0.5) is 11.4 Å². The lowest BCUT2D eigenvalue weighted by atomic mass is 10.1. The van der Waals surface area contributed by atoms with E-state index in [-0.39, 0.29) is 11.8 Å². The van der Waals surface area contributed by atoms with Crippen LogP contribution in [0.2, 0.25) is 0 Å². The average molecular weight is 351 g/mol. The summed E-state index contributed by atoms with van der Waals surface area (Å²) in [6, 6.07) is 15.3. The maximum absolute atomic E-state index is 12.4. The van der Waals surface area contributed by atoms with E-state index in [4.69, 9.17) is 0 Å². The van der Waals surface area contributed by atoms with Crippen molar-refractivity contribution in [2.45, 2.75) is 25.8 Å². The van der Waals surface area contributed by atoms with E-state index in [1.807, 2.05) is 49.3 Å². The zero-order valence-electron chi connectivity index (χ0n) is 15.4. The monoisotopic (exact) mass is 351 g/mol. The first-order valence-corrected chi connectivity index (χ1v) is 8.99. The number of hydrogen-bond acceptors (Lipinski definition) is 3. The fraction of sp³-hybridized carbons (Fsp3) is 0.333. The molecular weight excluding hydrogens is 326 g/mol. The van der Waals surface area contributed by atoms with Crippen molar-refractivity contribution in [1.29, 1.82) is 0 Å². The third-order valence-electron chi connectivity index (χ3n) is 4.64. The van der Waals surface area contributed by atoms with Gasteiger partial charge in [0.15, 0.2) is 0 Å². The molecule has 1 heterocycles. The third kappa shape index (κ3) is 4.23. The van der Waals surface area contributed by atoms with Crippen LogP contribution in [0.1, 0.15) is 35.2 Å². The normalized spacial score (nSPS) is 14.2. The Kier molecular flexibility index (Phi) is 5.56. The summed E-state index contributed by atoms with van der Waals surface area (Å²) in [4.78, 5) is 28.2. The molecule has 26 heavy (non-hydrogen) atoms. The number of anilines is 2. The Morgan fingerprint density at radius 2 is 1.88 bits per heavy atom. The van der Waals surface area contributed by atoms with E-state index in [9.17, 15) is 9.59 Å². The first-order chi connectivity index (χ1) is 12.5. The molecule has 1 aliphatic heterocycles. The van der Waals surface area contributed by atoms with Gasteiger partial charge in [-0.3, -0.25) is 9.59 Å².